The summed E-state index contributed by atoms with van der Waals surface area (Å²) in [6.45, 7) is 0.352. The zero-order valence-corrected chi connectivity index (χ0v) is 12.4. The number of rotatable bonds is 5. The third-order valence-electron chi connectivity index (χ3n) is 3.62. The number of aromatic nitrogens is 8. The molecular formula is C12H16N8O2. The lowest BCUT2D eigenvalue weighted by molar-refractivity contribution is 0.549. The lowest BCUT2D eigenvalue weighted by Crippen LogP contribution is -2.39. The van der Waals surface area contributed by atoms with Crippen molar-refractivity contribution < 1.29 is 0 Å². The van der Waals surface area contributed by atoms with Crippen LogP contribution in [0.3, 0.4) is 0 Å². The number of nitrogens with zero attached hydrogens (tertiary/aromatic N) is 7. The highest BCUT2D eigenvalue weighted by molar-refractivity contribution is 5.69. The minimum atomic E-state index is -0.351. The van der Waals surface area contributed by atoms with Crippen LogP contribution in [0.2, 0.25) is 0 Å². The Morgan fingerprint density at radius 1 is 1.23 bits per heavy atom. The Kier molecular flexibility index (Phi) is 3.57. The largest absolute Gasteiger partial charge is 0.332 e. The van der Waals surface area contributed by atoms with E-state index in [1.165, 1.54) is 15.5 Å². The Morgan fingerprint density at radius 3 is 2.77 bits per heavy atom. The molecule has 0 spiro atoms. The Hall–Kier alpha value is -2.78. The zero-order valence-electron chi connectivity index (χ0n) is 12.4. The zero-order chi connectivity index (χ0) is 15.7. The van der Waals surface area contributed by atoms with E-state index in [0.717, 1.165) is 6.42 Å². The van der Waals surface area contributed by atoms with Crippen LogP contribution in [-0.2, 0) is 27.1 Å². The van der Waals surface area contributed by atoms with Crippen LogP contribution >= 0.6 is 0 Å². The van der Waals surface area contributed by atoms with Gasteiger partial charge in [0.25, 0.3) is 5.56 Å². The summed E-state index contributed by atoms with van der Waals surface area (Å²) in [6, 6.07) is 0. The molecule has 0 amide bonds. The van der Waals surface area contributed by atoms with Crippen molar-refractivity contribution in [1.29, 1.82) is 0 Å². The molecule has 1 N–H and O–H groups in total. The number of nitrogens with one attached hydrogen (secondary N) is 1. The molecule has 0 fully saturated rings. The quantitative estimate of drug-likeness (QED) is 0.602. The summed E-state index contributed by atoms with van der Waals surface area (Å²) in [7, 11) is 3.36. The highest BCUT2D eigenvalue weighted by atomic mass is 16.2. The van der Waals surface area contributed by atoms with Crippen molar-refractivity contribution in [3.05, 3.63) is 33.0 Å². The number of aryl methyl sites for hydroxylation is 3. The fourth-order valence-electron chi connectivity index (χ4n) is 2.43. The number of unbranched alkanes of at least 4 members (excludes halogenated alkanes) is 1. The van der Waals surface area contributed by atoms with Crippen molar-refractivity contribution in [1.82, 2.24) is 39.3 Å². The molecule has 3 aromatic rings. The van der Waals surface area contributed by atoms with Crippen molar-refractivity contribution >= 4 is 11.2 Å². The molecule has 0 aliphatic heterocycles. The normalized spacial score (nSPS) is 11.4. The van der Waals surface area contributed by atoms with Crippen LogP contribution in [0.1, 0.15) is 18.7 Å². The van der Waals surface area contributed by atoms with Crippen molar-refractivity contribution in [2.75, 3.05) is 0 Å². The summed E-state index contributed by atoms with van der Waals surface area (Å²) in [6.07, 6.45) is 3.62. The predicted molar refractivity (Wildman–Crippen MR) is 77.3 cm³/mol. The number of hydrogen-bond donors (Lipinski definition) is 1. The molecule has 3 heterocycles. The Morgan fingerprint density at radius 2 is 2.05 bits per heavy atom. The molecule has 0 unspecified atom stereocenters. The van der Waals surface area contributed by atoms with E-state index < -0.39 is 0 Å². The van der Waals surface area contributed by atoms with Gasteiger partial charge in [0.15, 0.2) is 17.0 Å². The summed E-state index contributed by atoms with van der Waals surface area (Å²) < 4.78 is 4.28. The number of fused-ring (bicyclic) bond motifs is 1. The van der Waals surface area contributed by atoms with Gasteiger partial charge in [-0.25, -0.2) is 9.78 Å². The minimum Gasteiger partial charge on any atom is -0.328 e. The number of aromatic amines is 1. The second kappa shape index (κ2) is 5.54. The third kappa shape index (κ3) is 2.32. The molecule has 0 radical (unpaired) electrons. The maximum Gasteiger partial charge on any atom is 0.332 e. The number of H-pyrrole nitrogens is 1. The first-order chi connectivity index (χ1) is 10.6. The average Bonchev–Trinajstić information content (AvgIpc) is 3.14. The van der Waals surface area contributed by atoms with Crippen molar-refractivity contribution in [3.63, 3.8) is 0 Å². The molecule has 10 heteroatoms. The SMILES string of the molecule is Cn1cnc2c1c(=O)n(CCCCc1nn[nH]n1)c(=O)n2C. The number of tetrazole rings is 1. The van der Waals surface area contributed by atoms with Gasteiger partial charge in [0.05, 0.1) is 6.33 Å². The second-order valence-corrected chi connectivity index (χ2v) is 5.11. The molecule has 22 heavy (non-hydrogen) atoms. The maximum atomic E-state index is 12.5. The summed E-state index contributed by atoms with van der Waals surface area (Å²) in [5.74, 6) is 0.627. The topological polar surface area (TPSA) is 116 Å². The minimum absolute atomic E-state index is 0.308. The highest BCUT2D eigenvalue weighted by Crippen LogP contribution is 2.04. The Balaban J connectivity index is 1.83. The average molecular weight is 304 g/mol. The van der Waals surface area contributed by atoms with Gasteiger partial charge in [-0.1, -0.05) is 5.21 Å². The Bertz CT molecular complexity index is 902. The van der Waals surface area contributed by atoms with Crippen LogP contribution in [0.25, 0.3) is 11.2 Å². The highest BCUT2D eigenvalue weighted by Gasteiger charge is 2.14. The van der Waals surface area contributed by atoms with Gasteiger partial charge in [0, 0.05) is 27.1 Å². The fraction of sp³-hybridized carbons (Fsp3) is 0.500. The molecule has 0 saturated carbocycles. The molecule has 116 valence electrons. The van der Waals surface area contributed by atoms with Crippen molar-refractivity contribution in [2.45, 2.75) is 25.8 Å². The molecule has 10 nitrogen and oxygen atoms in total. The van der Waals surface area contributed by atoms with E-state index in [1.54, 1.807) is 18.7 Å². The van der Waals surface area contributed by atoms with Crippen LogP contribution in [0.5, 0.6) is 0 Å². The van der Waals surface area contributed by atoms with Gasteiger partial charge in [0.2, 0.25) is 0 Å². The van der Waals surface area contributed by atoms with Crippen LogP contribution in [0, 0.1) is 0 Å². The van der Waals surface area contributed by atoms with Gasteiger partial charge in [0.1, 0.15) is 0 Å². The molecular weight excluding hydrogens is 288 g/mol. The van der Waals surface area contributed by atoms with Gasteiger partial charge in [-0.05, 0) is 12.8 Å². The first-order valence-electron chi connectivity index (χ1n) is 6.92. The summed E-state index contributed by atoms with van der Waals surface area (Å²) in [5, 5.41) is 13.6. The fourth-order valence-corrected chi connectivity index (χ4v) is 2.43. The molecule has 3 rings (SSSR count). The van der Waals surface area contributed by atoms with Crippen LogP contribution in [0.15, 0.2) is 15.9 Å². The van der Waals surface area contributed by atoms with E-state index in [9.17, 15) is 9.59 Å². The van der Waals surface area contributed by atoms with Gasteiger partial charge in [-0.2, -0.15) is 5.21 Å². The van der Waals surface area contributed by atoms with Crippen LogP contribution in [-0.4, -0.2) is 39.3 Å². The monoisotopic (exact) mass is 304 g/mol. The molecule has 0 saturated heterocycles. The van der Waals surface area contributed by atoms with E-state index in [1.807, 2.05) is 0 Å². The summed E-state index contributed by atoms with van der Waals surface area (Å²) in [4.78, 5) is 28.8. The predicted octanol–water partition coefficient (Wildman–Crippen LogP) is -1.03. The van der Waals surface area contributed by atoms with E-state index >= 15 is 0 Å². The molecule has 0 aromatic carbocycles. The summed E-state index contributed by atoms with van der Waals surface area (Å²) >= 11 is 0. The number of hydrogen-bond acceptors (Lipinski definition) is 6. The van der Waals surface area contributed by atoms with E-state index in [0.29, 0.717) is 36.4 Å². The molecule has 0 atom stereocenters. The van der Waals surface area contributed by atoms with Crippen molar-refractivity contribution in [3.8, 4) is 0 Å². The molecule has 0 aliphatic carbocycles. The van der Waals surface area contributed by atoms with Gasteiger partial charge in [-0.15, -0.1) is 10.2 Å². The number of imidazole rings is 1. The van der Waals surface area contributed by atoms with Gasteiger partial charge >= 0.3 is 5.69 Å². The molecule has 0 aliphatic rings. The van der Waals surface area contributed by atoms with E-state index in [2.05, 4.69) is 25.6 Å². The summed E-state index contributed by atoms with van der Waals surface area (Å²) in [5.41, 5.74) is 0.175. The van der Waals surface area contributed by atoms with Gasteiger partial charge in [-0.3, -0.25) is 13.9 Å². The van der Waals surface area contributed by atoms with Crippen LogP contribution < -0.4 is 11.2 Å². The first kappa shape index (κ1) is 14.2. The second-order valence-electron chi connectivity index (χ2n) is 5.11. The first-order valence-corrected chi connectivity index (χ1v) is 6.92. The van der Waals surface area contributed by atoms with E-state index in [-0.39, 0.29) is 11.2 Å². The Labute approximate surface area is 124 Å². The lowest BCUT2D eigenvalue weighted by atomic mass is 10.2. The standard InChI is InChI=1S/C12H16N8O2/c1-18-7-13-10-9(18)11(21)20(12(22)19(10)2)6-4-3-5-8-14-16-17-15-8/h7H,3-6H2,1-2H3,(H,14,15,16,17). The maximum absolute atomic E-state index is 12.5. The smallest absolute Gasteiger partial charge is 0.328 e. The van der Waals surface area contributed by atoms with Gasteiger partial charge < -0.3 is 4.57 Å². The molecule has 0 bridgehead atoms. The third-order valence-corrected chi connectivity index (χ3v) is 3.62. The van der Waals surface area contributed by atoms with E-state index in [4.69, 9.17) is 0 Å². The molecule has 3 aromatic heterocycles. The van der Waals surface area contributed by atoms with Crippen molar-refractivity contribution in [2.24, 2.45) is 14.1 Å². The van der Waals surface area contributed by atoms with Crippen LogP contribution in [0.4, 0.5) is 0 Å². The lowest BCUT2D eigenvalue weighted by Gasteiger charge is -2.08.